The number of benzene rings is 2. The highest BCUT2D eigenvalue weighted by Crippen LogP contribution is 2.22. The van der Waals surface area contributed by atoms with Gasteiger partial charge in [-0.05, 0) is 38.0 Å². The number of aromatic nitrogens is 2. The van der Waals surface area contributed by atoms with Crippen LogP contribution in [0, 0.1) is 0 Å². The number of hydrogen-bond donors (Lipinski definition) is 1. The zero-order valence-electron chi connectivity index (χ0n) is 15.9. The third kappa shape index (κ3) is 3.88. The molecular weight excluding hydrogens is 336 g/mol. The first-order chi connectivity index (χ1) is 13.1. The molecule has 27 heavy (non-hydrogen) atoms. The maximum Gasteiger partial charge on any atom is 0.234 e. The minimum Gasteiger partial charge on any atom is -0.351 e. The lowest BCUT2D eigenvalue weighted by Gasteiger charge is -2.33. The molecular formula is C22H26N4O. The Balaban J connectivity index is 1.54. The predicted octanol–water partition coefficient (Wildman–Crippen LogP) is 3.16. The van der Waals surface area contributed by atoms with Gasteiger partial charge in [0.15, 0.2) is 0 Å². The summed E-state index contributed by atoms with van der Waals surface area (Å²) in [7, 11) is 0. The molecule has 1 atom stereocenters. The summed E-state index contributed by atoms with van der Waals surface area (Å²) < 4.78 is 2.29. The predicted molar refractivity (Wildman–Crippen MR) is 107 cm³/mol. The van der Waals surface area contributed by atoms with Crippen LogP contribution in [0.25, 0.3) is 11.0 Å². The van der Waals surface area contributed by atoms with E-state index in [4.69, 9.17) is 4.98 Å². The van der Waals surface area contributed by atoms with E-state index in [1.807, 2.05) is 24.3 Å². The number of piperazine rings is 1. The monoisotopic (exact) mass is 362 g/mol. The summed E-state index contributed by atoms with van der Waals surface area (Å²) >= 11 is 0. The highest BCUT2D eigenvalue weighted by Gasteiger charge is 2.26. The summed E-state index contributed by atoms with van der Waals surface area (Å²) in [5, 5.41) is 3.14. The van der Waals surface area contributed by atoms with Crippen molar-refractivity contribution in [2.75, 3.05) is 13.1 Å². The number of fused-ring (bicyclic) bond motifs is 1. The topological polar surface area (TPSA) is 50.2 Å². The molecule has 4 rings (SSSR count). The minimum absolute atomic E-state index is 0.0920. The third-order valence-corrected chi connectivity index (χ3v) is 5.09. The van der Waals surface area contributed by atoms with E-state index in [0.29, 0.717) is 19.1 Å². The van der Waals surface area contributed by atoms with Crippen LogP contribution in [0.15, 0.2) is 54.6 Å². The number of para-hydroxylation sites is 2. The number of carbonyl (C=O) groups is 1. The number of nitrogens with one attached hydrogen (secondary N) is 1. The smallest absolute Gasteiger partial charge is 0.234 e. The van der Waals surface area contributed by atoms with Crippen LogP contribution in [0.1, 0.15) is 31.3 Å². The molecule has 2 heterocycles. The summed E-state index contributed by atoms with van der Waals surface area (Å²) in [4.78, 5) is 19.3. The highest BCUT2D eigenvalue weighted by atomic mass is 16.2. The standard InChI is InChI=1S/C22H26N4O/c1-16(2)26-20-11-7-6-10-19(20)24-21(26)14-25-13-18(23-22(27)15-25)12-17-8-4-3-5-9-17/h3-11,16,18H,12-15H2,1-2H3,(H,23,27)/t18-/m0/s1. The SMILES string of the molecule is CC(C)n1c(CN2CC(=O)N[C@@H](Cc3ccccc3)C2)nc2ccccc21. The number of carbonyl (C=O) groups excluding carboxylic acids is 1. The Labute approximate surface area is 160 Å². The Morgan fingerprint density at radius 1 is 1.11 bits per heavy atom. The number of imidazole rings is 1. The first-order valence-electron chi connectivity index (χ1n) is 9.61. The first kappa shape index (κ1) is 17.7. The van der Waals surface area contributed by atoms with Crippen molar-refractivity contribution in [1.29, 1.82) is 0 Å². The zero-order chi connectivity index (χ0) is 18.8. The summed E-state index contributed by atoms with van der Waals surface area (Å²) in [6, 6.07) is 19.0. The average Bonchev–Trinajstić information content (AvgIpc) is 3.00. The van der Waals surface area contributed by atoms with Gasteiger partial charge in [0.2, 0.25) is 5.91 Å². The molecule has 140 valence electrons. The minimum atomic E-state index is 0.0920. The van der Waals surface area contributed by atoms with Gasteiger partial charge < -0.3 is 9.88 Å². The van der Waals surface area contributed by atoms with Gasteiger partial charge in [-0.2, -0.15) is 0 Å². The Hall–Kier alpha value is -2.66. The molecule has 0 aliphatic carbocycles. The van der Waals surface area contributed by atoms with Crippen LogP contribution in [-0.4, -0.2) is 39.5 Å². The number of hydrogen-bond acceptors (Lipinski definition) is 3. The van der Waals surface area contributed by atoms with Crippen LogP contribution in [0.4, 0.5) is 0 Å². The van der Waals surface area contributed by atoms with Crippen LogP contribution < -0.4 is 5.32 Å². The number of rotatable bonds is 5. The molecule has 1 N–H and O–H groups in total. The van der Waals surface area contributed by atoms with Crippen molar-refractivity contribution in [2.45, 2.75) is 38.9 Å². The van der Waals surface area contributed by atoms with Crippen molar-refractivity contribution in [3.8, 4) is 0 Å². The molecule has 0 unspecified atom stereocenters. The fourth-order valence-electron chi connectivity index (χ4n) is 4.02. The number of nitrogens with zero attached hydrogens (tertiary/aromatic N) is 3. The molecule has 1 fully saturated rings. The van der Waals surface area contributed by atoms with Gasteiger partial charge in [0.25, 0.3) is 0 Å². The molecule has 1 aliphatic heterocycles. The molecule has 1 aliphatic rings. The van der Waals surface area contributed by atoms with E-state index < -0.39 is 0 Å². The van der Waals surface area contributed by atoms with Gasteiger partial charge in [0, 0.05) is 18.6 Å². The fourth-order valence-corrected chi connectivity index (χ4v) is 4.02. The molecule has 1 aromatic heterocycles. The van der Waals surface area contributed by atoms with Crippen LogP contribution in [-0.2, 0) is 17.8 Å². The van der Waals surface area contributed by atoms with Crippen molar-refractivity contribution >= 4 is 16.9 Å². The first-order valence-corrected chi connectivity index (χ1v) is 9.61. The van der Waals surface area contributed by atoms with E-state index in [1.165, 1.54) is 5.56 Å². The fraction of sp³-hybridized carbons (Fsp3) is 0.364. The van der Waals surface area contributed by atoms with Crippen LogP contribution in [0.3, 0.4) is 0 Å². The van der Waals surface area contributed by atoms with Gasteiger partial charge in [-0.25, -0.2) is 4.98 Å². The van der Waals surface area contributed by atoms with E-state index in [0.717, 1.165) is 29.8 Å². The molecule has 0 bridgehead atoms. The van der Waals surface area contributed by atoms with Gasteiger partial charge in [0.1, 0.15) is 5.82 Å². The lowest BCUT2D eigenvalue weighted by Crippen LogP contribution is -2.54. The lowest BCUT2D eigenvalue weighted by atomic mass is 10.0. The van der Waals surface area contributed by atoms with E-state index in [-0.39, 0.29) is 11.9 Å². The molecule has 1 amide bonds. The zero-order valence-corrected chi connectivity index (χ0v) is 15.9. The molecule has 0 saturated carbocycles. The van der Waals surface area contributed by atoms with E-state index in [2.05, 4.69) is 59.0 Å². The molecule has 0 spiro atoms. The summed E-state index contributed by atoms with van der Waals surface area (Å²) in [5.41, 5.74) is 3.42. The van der Waals surface area contributed by atoms with Crippen LogP contribution in [0.2, 0.25) is 0 Å². The summed E-state index contributed by atoms with van der Waals surface area (Å²) in [5.74, 6) is 1.12. The average molecular weight is 362 g/mol. The van der Waals surface area contributed by atoms with E-state index >= 15 is 0 Å². The van der Waals surface area contributed by atoms with Gasteiger partial charge in [-0.15, -0.1) is 0 Å². The van der Waals surface area contributed by atoms with Crippen molar-refractivity contribution in [1.82, 2.24) is 19.8 Å². The number of amides is 1. The normalized spacial score (nSPS) is 18.2. The van der Waals surface area contributed by atoms with Crippen molar-refractivity contribution in [3.63, 3.8) is 0 Å². The van der Waals surface area contributed by atoms with E-state index in [9.17, 15) is 4.79 Å². The Morgan fingerprint density at radius 3 is 2.63 bits per heavy atom. The lowest BCUT2D eigenvalue weighted by molar-refractivity contribution is -0.125. The van der Waals surface area contributed by atoms with Gasteiger partial charge in [0.05, 0.1) is 24.1 Å². The second-order valence-electron chi connectivity index (χ2n) is 7.60. The quantitative estimate of drug-likeness (QED) is 0.758. The molecule has 2 aromatic carbocycles. The molecule has 5 nitrogen and oxygen atoms in total. The van der Waals surface area contributed by atoms with Gasteiger partial charge in [-0.3, -0.25) is 9.69 Å². The van der Waals surface area contributed by atoms with Crippen molar-refractivity contribution in [2.24, 2.45) is 0 Å². The summed E-state index contributed by atoms with van der Waals surface area (Å²) in [6.07, 6.45) is 0.851. The van der Waals surface area contributed by atoms with Crippen LogP contribution >= 0.6 is 0 Å². The Bertz CT molecular complexity index is 932. The van der Waals surface area contributed by atoms with E-state index in [1.54, 1.807) is 0 Å². The summed E-state index contributed by atoms with van der Waals surface area (Å²) in [6.45, 7) is 6.30. The van der Waals surface area contributed by atoms with Crippen molar-refractivity contribution < 1.29 is 4.79 Å². The van der Waals surface area contributed by atoms with Crippen molar-refractivity contribution in [3.05, 3.63) is 66.0 Å². The third-order valence-electron chi connectivity index (χ3n) is 5.09. The van der Waals surface area contributed by atoms with Gasteiger partial charge in [-0.1, -0.05) is 42.5 Å². The Kier molecular flexibility index (Phi) is 4.94. The van der Waals surface area contributed by atoms with Crippen LogP contribution in [0.5, 0.6) is 0 Å². The molecule has 0 radical (unpaired) electrons. The maximum absolute atomic E-state index is 12.3. The molecule has 1 saturated heterocycles. The molecule has 3 aromatic rings. The van der Waals surface area contributed by atoms with Gasteiger partial charge >= 0.3 is 0 Å². The molecule has 5 heteroatoms. The second-order valence-corrected chi connectivity index (χ2v) is 7.60. The highest BCUT2D eigenvalue weighted by molar-refractivity contribution is 5.79. The Morgan fingerprint density at radius 2 is 1.85 bits per heavy atom. The largest absolute Gasteiger partial charge is 0.351 e. The second kappa shape index (κ2) is 7.53. The maximum atomic E-state index is 12.3.